The first kappa shape index (κ1) is 15.7. The van der Waals surface area contributed by atoms with Crippen LogP contribution in [0.5, 0.6) is 0 Å². The summed E-state index contributed by atoms with van der Waals surface area (Å²) in [7, 11) is 0. The monoisotopic (exact) mass is 345 g/mol. The zero-order valence-corrected chi connectivity index (χ0v) is 13.8. The Morgan fingerprint density at radius 2 is 1.78 bits per heavy atom. The Bertz CT molecular complexity index is 871. The van der Waals surface area contributed by atoms with Crippen molar-refractivity contribution in [2.24, 2.45) is 0 Å². The highest BCUT2D eigenvalue weighted by Gasteiger charge is 2.15. The second kappa shape index (κ2) is 6.49. The first-order valence-electron chi connectivity index (χ1n) is 6.97. The van der Waals surface area contributed by atoms with Gasteiger partial charge in [0, 0.05) is 5.56 Å². The maximum atomic E-state index is 12.3. The van der Waals surface area contributed by atoms with Gasteiger partial charge in [0.1, 0.15) is 5.76 Å². The summed E-state index contributed by atoms with van der Waals surface area (Å²) in [5.74, 6) is 0.362. The highest BCUT2D eigenvalue weighted by atomic mass is 35.5. The Morgan fingerprint density at radius 3 is 2.52 bits per heavy atom. The molecule has 3 nitrogen and oxygen atoms in total. The van der Waals surface area contributed by atoms with E-state index in [-0.39, 0.29) is 11.7 Å². The molecule has 0 radical (unpaired) electrons. The van der Waals surface area contributed by atoms with Gasteiger partial charge in [-0.25, -0.2) is 0 Å². The van der Waals surface area contributed by atoms with Gasteiger partial charge in [-0.2, -0.15) is 0 Å². The lowest BCUT2D eigenvalue weighted by Crippen LogP contribution is -2.11. The van der Waals surface area contributed by atoms with Gasteiger partial charge in [-0.05, 0) is 48.9 Å². The van der Waals surface area contributed by atoms with Gasteiger partial charge in [0.2, 0.25) is 0 Å². The molecule has 3 aromatic rings. The number of amides is 1. The third kappa shape index (κ3) is 3.41. The summed E-state index contributed by atoms with van der Waals surface area (Å²) in [5, 5.41) is 3.78. The number of hydrogen-bond donors (Lipinski definition) is 1. The van der Waals surface area contributed by atoms with Crippen molar-refractivity contribution >= 4 is 34.8 Å². The lowest BCUT2D eigenvalue weighted by atomic mass is 10.2. The highest BCUT2D eigenvalue weighted by molar-refractivity contribution is 6.34. The molecular weight excluding hydrogens is 333 g/mol. The van der Waals surface area contributed by atoms with Crippen LogP contribution in [0.1, 0.15) is 16.1 Å². The Kier molecular flexibility index (Phi) is 4.42. The molecule has 0 saturated heterocycles. The number of carbonyl (C=O) groups excluding carboxylic acids is 1. The summed E-state index contributed by atoms with van der Waals surface area (Å²) in [6.07, 6.45) is 0. The van der Waals surface area contributed by atoms with Crippen molar-refractivity contribution in [2.45, 2.75) is 6.92 Å². The van der Waals surface area contributed by atoms with E-state index in [9.17, 15) is 4.79 Å². The Labute approximate surface area is 143 Å². The van der Waals surface area contributed by atoms with Crippen LogP contribution in [0.15, 0.2) is 59.0 Å². The van der Waals surface area contributed by atoms with Crippen molar-refractivity contribution in [3.8, 4) is 11.3 Å². The van der Waals surface area contributed by atoms with E-state index in [0.29, 0.717) is 21.5 Å². The van der Waals surface area contributed by atoms with Crippen LogP contribution >= 0.6 is 23.2 Å². The second-order valence-corrected chi connectivity index (χ2v) is 5.90. The van der Waals surface area contributed by atoms with Crippen molar-refractivity contribution in [1.29, 1.82) is 0 Å². The highest BCUT2D eigenvalue weighted by Crippen LogP contribution is 2.29. The van der Waals surface area contributed by atoms with E-state index in [4.69, 9.17) is 27.6 Å². The topological polar surface area (TPSA) is 42.2 Å². The minimum Gasteiger partial charge on any atom is -0.451 e. The van der Waals surface area contributed by atoms with Crippen molar-refractivity contribution in [3.05, 3.63) is 76.0 Å². The number of aryl methyl sites for hydroxylation is 1. The third-order valence-electron chi connectivity index (χ3n) is 3.34. The minimum absolute atomic E-state index is 0.191. The van der Waals surface area contributed by atoms with Crippen molar-refractivity contribution in [1.82, 2.24) is 0 Å². The molecule has 0 spiro atoms. The molecule has 0 saturated carbocycles. The number of furan rings is 1. The lowest BCUT2D eigenvalue weighted by Gasteiger charge is -2.06. The number of carbonyl (C=O) groups is 1. The van der Waals surface area contributed by atoms with Crippen molar-refractivity contribution < 1.29 is 9.21 Å². The van der Waals surface area contributed by atoms with Gasteiger partial charge in [-0.15, -0.1) is 0 Å². The standard InChI is InChI=1S/C18H13Cl2NO2/c1-11-6-7-15(14(20)10-11)21-18(22)17-9-8-16(23-17)12-4-2-3-5-13(12)19/h2-10H,1H3,(H,21,22). The van der Waals surface area contributed by atoms with Crippen LogP contribution in [-0.4, -0.2) is 5.91 Å². The molecule has 1 heterocycles. The molecule has 2 aromatic carbocycles. The molecule has 3 rings (SSSR count). The molecule has 1 N–H and O–H groups in total. The summed E-state index contributed by atoms with van der Waals surface area (Å²) in [6, 6.07) is 16.0. The summed E-state index contributed by atoms with van der Waals surface area (Å²) < 4.78 is 5.61. The van der Waals surface area contributed by atoms with Crippen LogP contribution < -0.4 is 5.32 Å². The summed E-state index contributed by atoms with van der Waals surface area (Å²) >= 11 is 12.3. The number of halogens is 2. The molecule has 1 amide bonds. The predicted molar refractivity (Wildman–Crippen MR) is 93.3 cm³/mol. The molecule has 116 valence electrons. The quantitative estimate of drug-likeness (QED) is 0.650. The predicted octanol–water partition coefficient (Wildman–Crippen LogP) is 5.81. The smallest absolute Gasteiger partial charge is 0.291 e. The molecule has 0 fully saturated rings. The van der Waals surface area contributed by atoms with E-state index in [1.54, 1.807) is 30.3 Å². The zero-order valence-electron chi connectivity index (χ0n) is 12.3. The van der Waals surface area contributed by atoms with E-state index in [1.165, 1.54) is 0 Å². The van der Waals surface area contributed by atoms with Gasteiger partial charge < -0.3 is 9.73 Å². The van der Waals surface area contributed by atoms with E-state index >= 15 is 0 Å². The first-order valence-corrected chi connectivity index (χ1v) is 7.72. The fourth-order valence-electron chi connectivity index (χ4n) is 2.17. The molecule has 1 aromatic heterocycles. The maximum absolute atomic E-state index is 12.3. The van der Waals surface area contributed by atoms with Gasteiger partial charge in [0.15, 0.2) is 5.76 Å². The van der Waals surface area contributed by atoms with Gasteiger partial charge in [-0.1, -0.05) is 41.4 Å². The SMILES string of the molecule is Cc1ccc(NC(=O)c2ccc(-c3ccccc3Cl)o2)c(Cl)c1. The van der Waals surface area contributed by atoms with Crippen LogP contribution in [0, 0.1) is 6.92 Å². The summed E-state index contributed by atoms with van der Waals surface area (Å²) in [6.45, 7) is 1.93. The largest absolute Gasteiger partial charge is 0.451 e. The maximum Gasteiger partial charge on any atom is 0.291 e. The number of nitrogens with one attached hydrogen (secondary N) is 1. The molecular formula is C18H13Cl2NO2. The van der Waals surface area contributed by atoms with Gasteiger partial charge >= 0.3 is 0 Å². The van der Waals surface area contributed by atoms with Crippen LogP contribution in [0.3, 0.4) is 0 Å². The minimum atomic E-state index is -0.367. The normalized spacial score (nSPS) is 10.6. The fourth-order valence-corrected chi connectivity index (χ4v) is 2.68. The van der Waals surface area contributed by atoms with Gasteiger partial charge in [0.05, 0.1) is 15.7 Å². The van der Waals surface area contributed by atoms with Crippen molar-refractivity contribution in [2.75, 3.05) is 5.32 Å². The third-order valence-corrected chi connectivity index (χ3v) is 3.98. The average molecular weight is 346 g/mol. The second-order valence-electron chi connectivity index (χ2n) is 5.08. The van der Waals surface area contributed by atoms with E-state index in [0.717, 1.165) is 11.1 Å². The zero-order chi connectivity index (χ0) is 16.4. The molecule has 5 heteroatoms. The van der Waals surface area contributed by atoms with E-state index in [2.05, 4.69) is 5.32 Å². The average Bonchev–Trinajstić information content (AvgIpc) is 3.00. The van der Waals surface area contributed by atoms with Gasteiger partial charge in [-0.3, -0.25) is 4.79 Å². The number of hydrogen-bond acceptors (Lipinski definition) is 2. The van der Waals surface area contributed by atoms with Crippen LogP contribution in [0.2, 0.25) is 10.0 Å². The molecule has 0 unspecified atom stereocenters. The van der Waals surface area contributed by atoms with Gasteiger partial charge in [0.25, 0.3) is 5.91 Å². The molecule has 0 bridgehead atoms. The first-order chi connectivity index (χ1) is 11.0. The van der Waals surface area contributed by atoms with Crippen LogP contribution in [0.25, 0.3) is 11.3 Å². The van der Waals surface area contributed by atoms with E-state index < -0.39 is 0 Å². The molecule has 0 aliphatic rings. The molecule has 0 aliphatic heterocycles. The number of anilines is 1. The number of rotatable bonds is 3. The summed E-state index contributed by atoms with van der Waals surface area (Å²) in [4.78, 5) is 12.3. The fraction of sp³-hybridized carbons (Fsp3) is 0.0556. The molecule has 0 aliphatic carbocycles. The lowest BCUT2D eigenvalue weighted by molar-refractivity contribution is 0.0997. The molecule has 0 atom stereocenters. The van der Waals surface area contributed by atoms with Crippen molar-refractivity contribution in [3.63, 3.8) is 0 Å². The van der Waals surface area contributed by atoms with Crippen LogP contribution in [-0.2, 0) is 0 Å². The Morgan fingerprint density at radius 1 is 1.00 bits per heavy atom. The number of benzene rings is 2. The van der Waals surface area contributed by atoms with E-state index in [1.807, 2.05) is 31.2 Å². The Hall–Kier alpha value is -2.23. The van der Waals surface area contributed by atoms with Crippen LogP contribution in [0.4, 0.5) is 5.69 Å². The summed E-state index contributed by atoms with van der Waals surface area (Å²) in [5.41, 5.74) is 2.30. The Balaban J connectivity index is 1.83. The molecule has 23 heavy (non-hydrogen) atoms.